The van der Waals surface area contributed by atoms with E-state index in [1.165, 1.54) is 19.1 Å². The maximum Gasteiger partial charge on any atom is 0.459 e. The number of aliphatic hydroxyl groups excluding tert-OH is 1. The number of hydrogen-bond acceptors (Lipinski definition) is 10. The Morgan fingerprint density at radius 3 is 2.70 bits per heavy atom. The number of carbonyl (C=O) groups is 1. The minimum Gasteiger partial charge on any atom is -0.462 e. The predicted octanol–water partition coefficient (Wildman–Crippen LogP) is 0.836. The van der Waals surface area contributed by atoms with Crippen LogP contribution in [0.1, 0.15) is 27.0 Å². The van der Waals surface area contributed by atoms with Crippen molar-refractivity contribution in [3.8, 4) is 5.75 Å². The van der Waals surface area contributed by atoms with Crippen LogP contribution in [0.3, 0.4) is 0 Å². The molecule has 1 aromatic heterocycles. The maximum absolute atomic E-state index is 13.8. The van der Waals surface area contributed by atoms with E-state index >= 15 is 0 Å². The highest BCUT2D eigenvalue weighted by molar-refractivity contribution is 7.52. The van der Waals surface area contributed by atoms with E-state index in [2.05, 4.69) is 5.09 Å². The Bertz CT molecular complexity index is 1300. The Hall–Kier alpha value is -2.87. The number of nitrogens with zero attached hydrogens (tertiary/aromatic N) is 1. The van der Waals surface area contributed by atoms with Gasteiger partial charge in [0, 0.05) is 0 Å². The molecule has 202 valence electrons. The first-order valence-corrected chi connectivity index (χ1v) is 12.9. The molecule has 0 saturated carbocycles. The highest BCUT2D eigenvalue weighted by Crippen LogP contribution is 2.50. The minimum absolute atomic E-state index is 0.168. The van der Waals surface area contributed by atoms with E-state index < -0.39 is 73.6 Å². The largest absolute Gasteiger partial charge is 0.462 e. The summed E-state index contributed by atoms with van der Waals surface area (Å²) >= 11 is 0. The molecule has 2 fully saturated rings. The van der Waals surface area contributed by atoms with Crippen molar-refractivity contribution < 1.29 is 42.1 Å². The lowest BCUT2D eigenvalue weighted by Gasteiger charge is -2.32. The predicted molar refractivity (Wildman–Crippen MR) is 124 cm³/mol. The summed E-state index contributed by atoms with van der Waals surface area (Å²) in [4.78, 5) is 37.7. The van der Waals surface area contributed by atoms with Crippen molar-refractivity contribution in [1.82, 2.24) is 14.6 Å². The molecular weight excluding hydrogens is 516 g/mol. The number of H-pyrrole nitrogens is 1. The molecule has 2 bridgehead atoms. The summed E-state index contributed by atoms with van der Waals surface area (Å²) in [5, 5.41) is 13.4. The summed E-state index contributed by atoms with van der Waals surface area (Å²) in [5.41, 5.74) is -3.81. The van der Waals surface area contributed by atoms with E-state index in [1.807, 2.05) is 4.98 Å². The van der Waals surface area contributed by atoms with E-state index in [9.17, 15) is 28.4 Å². The third-order valence-electron chi connectivity index (χ3n) is 5.71. The van der Waals surface area contributed by atoms with Gasteiger partial charge < -0.3 is 23.8 Å². The van der Waals surface area contributed by atoms with Crippen LogP contribution < -0.4 is 20.9 Å². The van der Waals surface area contributed by atoms with Gasteiger partial charge in [0.1, 0.15) is 29.6 Å². The third-order valence-corrected chi connectivity index (χ3v) is 7.33. The second-order valence-electron chi connectivity index (χ2n) is 8.95. The van der Waals surface area contributed by atoms with Gasteiger partial charge in [0.15, 0.2) is 6.23 Å². The number of esters is 1. The smallest absolute Gasteiger partial charge is 0.459 e. The molecule has 0 spiro atoms. The molecule has 3 N–H and O–H groups in total. The fourth-order valence-electron chi connectivity index (χ4n) is 3.92. The summed E-state index contributed by atoms with van der Waals surface area (Å²) in [7, 11) is -4.30. The molecule has 0 aliphatic carbocycles. The normalized spacial score (nSPS) is 27.1. The number of fused-ring (bicyclic) bond motifs is 2. The Kier molecular flexibility index (Phi) is 7.70. The van der Waals surface area contributed by atoms with E-state index in [0.29, 0.717) is 6.20 Å². The Labute approximate surface area is 210 Å². The molecule has 13 nitrogen and oxygen atoms in total. The summed E-state index contributed by atoms with van der Waals surface area (Å²) in [6.07, 6.45) is -3.58. The van der Waals surface area contributed by atoms with Gasteiger partial charge in [0.2, 0.25) is 5.82 Å². The zero-order valence-corrected chi connectivity index (χ0v) is 21.1. The zero-order valence-electron chi connectivity index (χ0n) is 20.2. The second-order valence-corrected chi connectivity index (χ2v) is 10.6. The number of benzene rings is 1. The fraction of sp³-hybridized carbons (Fsp3) is 0.500. The van der Waals surface area contributed by atoms with E-state index in [4.69, 9.17) is 23.3 Å². The minimum atomic E-state index is -4.30. The molecule has 2 aliphatic heterocycles. The summed E-state index contributed by atoms with van der Waals surface area (Å²) in [6.45, 7) is 3.95. The number of aliphatic hydroxyl groups is 1. The monoisotopic (exact) mass is 543 g/mol. The van der Waals surface area contributed by atoms with Gasteiger partial charge in [-0.15, -0.1) is 0 Å². The Balaban J connectivity index is 1.55. The van der Waals surface area contributed by atoms with Crippen LogP contribution in [0, 0.1) is 5.82 Å². The van der Waals surface area contributed by atoms with E-state index in [1.54, 1.807) is 32.0 Å². The maximum atomic E-state index is 13.8. The van der Waals surface area contributed by atoms with Gasteiger partial charge in [0.25, 0.3) is 5.56 Å². The quantitative estimate of drug-likeness (QED) is 0.287. The lowest BCUT2D eigenvalue weighted by Crippen LogP contribution is -2.46. The van der Waals surface area contributed by atoms with Crippen LogP contribution in [0.4, 0.5) is 4.39 Å². The molecule has 4 rings (SSSR count). The van der Waals surface area contributed by atoms with Crippen molar-refractivity contribution in [3.05, 3.63) is 63.2 Å². The van der Waals surface area contributed by atoms with Gasteiger partial charge in [-0.05, 0) is 32.9 Å². The van der Waals surface area contributed by atoms with Crippen LogP contribution in [-0.2, 0) is 28.1 Å². The second kappa shape index (κ2) is 10.5. The van der Waals surface area contributed by atoms with Gasteiger partial charge in [-0.3, -0.25) is 23.7 Å². The molecule has 2 aliphatic rings. The molecule has 3 heterocycles. The lowest BCUT2D eigenvalue weighted by atomic mass is 10.0. The van der Waals surface area contributed by atoms with E-state index in [0.717, 1.165) is 4.57 Å². The molecule has 1 aromatic carbocycles. The zero-order chi connectivity index (χ0) is 27.0. The number of aromatic nitrogens is 2. The number of aromatic amines is 1. The number of nitrogens with one attached hydrogen (secondary N) is 2. The number of hydrogen-bond donors (Lipinski definition) is 3. The summed E-state index contributed by atoms with van der Waals surface area (Å²) in [6, 6.07) is 6.94. The molecule has 0 radical (unpaired) electrons. The van der Waals surface area contributed by atoms with Crippen molar-refractivity contribution >= 4 is 13.7 Å². The molecule has 6 atom stereocenters. The van der Waals surface area contributed by atoms with Crippen molar-refractivity contribution in [2.24, 2.45) is 0 Å². The van der Waals surface area contributed by atoms with Crippen molar-refractivity contribution in [1.29, 1.82) is 0 Å². The molecule has 2 saturated heterocycles. The first kappa shape index (κ1) is 27.2. The topological polar surface area (TPSA) is 167 Å². The number of carbonyl (C=O) groups excluding carboxylic acids is 1. The molecule has 37 heavy (non-hydrogen) atoms. The SMILES string of the molecule is CC(C)OC(=O)C(C)NP(=O)(OCC12CO[C@@H]([C@H](n3cc(F)c(=O)[nH]c3=O)O1)[C@@H]2O)Oc1ccccc1. The number of rotatable bonds is 10. The highest BCUT2D eigenvalue weighted by atomic mass is 31.2. The summed E-state index contributed by atoms with van der Waals surface area (Å²) in [5.74, 6) is -1.77. The molecule has 15 heteroatoms. The van der Waals surface area contributed by atoms with Gasteiger partial charge in [-0.2, -0.15) is 9.48 Å². The Morgan fingerprint density at radius 1 is 1.32 bits per heavy atom. The van der Waals surface area contributed by atoms with Crippen LogP contribution in [-0.4, -0.2) is 63.8 Å². The van der Waals surface area contributed by atoms with Crippen molar-refractivity contribution in [2.75, 3.05) is 13.2 Å². The highest BCUT2D eigenvalue weighted by Gasteiger charge is 2.63. The standard InChI is InChI=1S/C22H27FN3O10P/c1-12(2)34-20(29)13(3)25-37(31,36-14-7-5-4-6-8-14)33-11-22-10-32-16(17(22)27)19(35-22)26-9-15(23)18(28)24-21(26)30/h4-9,12-13,16-17,19,27H,10-11H2,1-3H3,(H,25,31)(H,24,28,30)/t13?,16-,17+,19-,22?,37?/m1/s1. The lowest BCUT2D eigenvalue weighted by molar-refractivity contribution is -0.185. The van der Waals surface area contributed by atoms with E-state index in [-0.39, 0.29) is 12.4 Å². The average molecular weight is 543 g/mol. The van der Waals surface area contributed by atoms with Gasteiger partial charge in [-0.1, -0.05) is 18.2 Å². The van der Waals surface area contributed by atoms with Crippen molar-refractivity contribution in [3.63, 3.8) is 0 Å². The first-order chi connectivity index (χ1) is 17.4. The van der Waals surface area contributed by atoms with Crippen molar-refractivity contribution in [2.45, 2.75) is 57.0 Å². The fourth-order valence-corrected chi connectivity index (χ4v) is 5.46. The number of ether oxygens (including phenoxy) is 3. The van der Waals surface area contributed by atoms with Gasteiger partial charge in [-0.25, -0.2) is 9.36 Å². The summed E-state index contributed by atoms with van der Waals surface area (Å²) < 4.78 is 56.0. The van der Waals surface area contributed by atoms with Gasteiger partial charge in [0.05, 0.1) is 25.5 Å². The Morgan fingerprint density at radius 2 is 2.03 bits per heavy atom. The molecule has 2 aromatic rings. The number of halogens is 1. The number of para-hydroxylation sites is 1. The van der Waals surface area contributed by atoms with Crippen LogP contribution in [0.15, 0.2) is 46.1 Å². The molecule has 3 unspecified atom stereocenters. The molecule has 0 amide bonds. The van der Waals surface area contributed by atoms with Crippen LogP contribution in [0.5, 0.6) is 5.75 Å². The third kappa shape index (κ3) is 5.69. The van der Waals surface area contributed by atoms with Crippen LogP contribution >= 0.6 is 7.75 Å². The van der Waals surface area contributed by atoms with Gasteiger partial charge >= 0.3 is 19.4 Å². The van der Waals surface area contributed by atoms with Crippen LogP contribution in [0.25, 0.3) is 0 Å². The first-order valence-electron chi connectivity index (χ1n) is 11.4. The van der Waals surface area contributed by atoms with Crippen LogP contribution in [0.2, 0.25) is 0 Å². The average Bonchev–Trinajstić information content (AvgIpc) is 3.29. The molecular formula is C22H27FN3O10P.